The zero-order valence-corrected chi connectivity index (χ0v) is 23.3. The molecule has 0 aliphatic carbocycles. The molecular weight excluding hydrogens is 540 g/mol. The Labute approximate surface area is 237 Å². The van der Waals surface area contributed by atoms with Crippen molar-refractivity contribution in [3.8, 4) is 10.6 Å². The number of hydrogen-bond acceptors (Lipinski definition) is 9. The largest absolute Gasteiger partial charge is 0.355 e. The molecule has 4 aromatic rings. The Balaban J connectivity index is 0.00000353. The summed E-state index contributed by atoms with van der Waals surface area (Å²) < 4.78 is 10.8. The molecule has 1 aliphatic heterocycles. The van der Waals surface area contributed by atoms with Crippen LogP contribution < -0.4 is 0 Å². The number of carbonyl (C=O) groups is 2. The van der Waals surface area contributed by atoms with Crippen LogP contribution in [0, 0.1) is 0 Å². The number of aromatic nitrogens is 3. The highest BCUT2D eigenvalue weighted by Crippen LogP contribution is 2.25. The molecule has 0 unspecified atom stereocenters. The first-order valence-electron chi connectivity index (χ1n) is 12.7. The predicted molar refractivity (Wildman–Crippen MR) is 148 cm³/mol. The van der Waals surface area contributed by atoms with E-state index in [1.54, 1.807) is 22.3 Å². The summed E-state index contributed by atoms with van der Waals surface area (Å²) in [4.78, 5) is 36.8. The normalized spacial score (nSPS) is 13.7. The summed E-state index contributed by atoms with van der Waals surface area (Å²) >= 11 is 1.54. The molecule has 0 N–H and O–H groups in total. The van der Waals surface area contributed by atoms with Crippen molar-refractivity contribution in [2.75, 3.05) is 32.7 Å². The average molecular weight is 571 g/mol. The van der Waals surface area contributed by atoms with Gasteiger partial charge in [0.25, 0.3) is 5.91 Å². The summed E-state index contributed by atoms with van der Waals surface area (Å²) in [7, 11) is 0. The van der Waals surface area contributed by atoms with Gasteiger partial charge < -0.3 is 18.8 Å². The Morgan fingerprint density at radius 2 is 1.82 bits per heavy atom. The number of hydrogen-bond donors (Lipinski definition) is 0. The molecule has 0 radical (unpaired) electrons. The predicted octanol–water partition coefficient (Wildman–Crippen LogP) is 4.15. The van der Waals surface area contributed by atoms with Gasteiger partial charge in [-0.05, 0) is 23.9 Å². The first kappa shape index (κ1) is 28.5. The van der Waals surface area contributed by atoms with E-state index >= 15 is 0 Å². The van der Waals surface area contributed by atoms with Crippen LogP contribution in [0.25, 0.3) is 10.6 Å². The summed E-state index contributed by atoms with van der Waals surface area (Å²) in [5, 5.41) is 10.0. The van der Waals surface area contributed by atoms with Gasteiger partial charge in [-0.3, -0.25) is 14.5 Å². The summed E-state index contributed by atoms with van der Waals surface area (Å²) in [6.07, 6.45) is 0.726. The number of thiophene rings is 1. The van der Waals surface area contributed by atoms with Gasteiger partial charge in [-0.15, -0.1) is 23.7 Å². The molecule has 206 valence electrons. The quantitative estimate of drug-likeness (QED) is 0.280. The lowest BCUT2D eigenvalue weighted by Crippen LogP contribution is -2.48. The summed E-state index contributed by atoms with van der Waals surface area (Å²) in [6, 6.07) is 15.5. The van der Waals surface area contributed by atoms with E-state index < -0.39 is 0 Å². The molecule has 0 saturated carbocycles. The van der Waals surface area contributed by atoms with E-state index in [4.69, 9.17) is 9.05 Å². The van der Waals surface area contributed by atoms with E-state index in [2.05, 4.69) is 20.2 Å². The fourth-order valence-electron chi connectivity index (χ4n) is 4.39. The fourth-order valence-corrected chi connectivity index (χ4v) is 5.06. The van der Waals surface area contributed by atoms with Gasteiger partial charge in [-0.2, -0.15) is 4.98 Å². The number of aryl methyl sites for hydroxylation is 1. The van der Waals surface area contributed by atoms with E-state index in [1.165, 1.54) is 0 Å². The van der Waals surface area contributed by atoms with Crippen molar-refractivity contribution in [3.05, 3.63) is 76.9 Å². The molecule has 1 fully saturated rings. The Kier molecular flexibility index (Phi) is 9.85. The maximum absolute atomic E-state index is 12.9. The highest BCUT2D eigenvalue weighted by Gasteiger charge is 2.26. The molecule has 0 spiro atoms. The third-order valence-corrected chi connectivity index (χ3v) is 7.42. The number of halogens is 1. The molecule has 3 aromatic heterocycles. The van der Waals surface area contributed by atoms with Crippen molar-refractivity contribution in [1.82, 2.24) is 30.0 Å². The van der Waals surface area contributed by atoms with Crippen LogP contribution in [-0.4, -0.2) is 74.5 Å². The van der Waals surface area contributed by atoms with Gasteiger partial charge in [0.2, 0.25) is 11.8 Å². The molecule has 1 aliphatic rings. The Bertz CT molecular complexity index is 1340. The molecule has 5 rings (SSSR count). The number of rotatable bonds is 10. The second-order valence-electron chi connectivity index (χ2n) is 9.12. The number of carbonyl (C=O) groups excluding carboxylic acids is 2. The minimum Gasteiger partial charge on any atom is -0.355 e. The summed E-state index contributed by atoms with van der Waals surface area (Å²) in [5.74, 6) is 1.59. The highest BCUT2D eigenvalue weighted by atomic mass is 35.5. The van der Waals surface area contributed by atoms with Gasteiger partial charge in [0.05, 0.1) is 11.4 Å². The maximum Gasteiger partial charge on any atom is 0.276 e. The van der Waals surface area contributed by atoms with E-state index in [1.807, 2.05) is 59.7 Å². The first-order chi connectivity index (χ1) is 18.6. The smallest absolute Gasteiger partial charge is 0.276 e. The molecule has 4 heterocycles. The van der Waals surface area contributed by atoms with Crippen molar-refractivity contribution in [2.45, 2.75) is 32.9 Å². The van der Waals surface area contributed by atoms with Gasteiger partial charge in [0.1, 0.15) is 0 Å². The average Bonchev–Trinajstić information content (AvgIpc) is 3.73. The van der Waals surface area contributed by atoms with Crippen LogP contribution in [0.5, 0.6) is 0 Å². The SMILES string of the molecule is CCN(Cc1ccccc1)C(=O)CCc1nc(CN2CCN(C(=O)c3cc(-c4cccs4)on3)CC2)no1.Cl. The highest BCUT2D eigenvalue weighted by molar-refractivity contribution is 7.13. The van der Waals surface area contributed by atoms with Crippen molar-refractivity contribution >= 4 is 35.6 Å². The zero-order chi connectivity index (χ0) is 26.3. The summed E-state index contributed by atoms with van der Waals surface area (Å²) in [5.41, 5.74) is 1.43. The molecule has 0 bridgehead atoms. The molecule has 1 saturated heterocycles. The van der Waals surface area contributed by atoms with Crippen molar-refractivity contribution in [1.29, 1.82) is 0 Å². The fraction of sp³-hybridized carbons (Fsp3) is 0.370. The topological polar surface area (TPSA) is 109 Å². The van der Waals surface area contributed by atoms with Gasteiger partial charge in [0, 0.05) is 58.2 Å². The van der Waals surface area contributed by atoms with Crippen LogP contribution in [0.3, 0.4) is 0 Å². The Morgan fingerprint density at radius 3 is 2.54 bits per heavy atom. The van der Waals surface area contributed by atoms with Crippen LogP contribution in [0.15, 0.2) is 63.0 Å². The monoisotopic (exact) mass is 570 g/mol. The molecule has 12 heteroatoms. The zero-order valence-electron chi connectivity index (χ0n) is 21.7. The molecule has 1 aromatic carbocycles. The lowest BCUT2D eigenvalue weighted by molar-refractivity contribution is -0.131. The number of amides is 2. The molecule has 2 amide bonds. The van der Waals surface area contributed by atoms with E-state index in [0.717, 1.165) is 10.4 Å². The number of benzene rings is 1. The standard InChI is InChI=1S/C27H30N6O4S.ClH/c1-2-32(18-20-7-4-3-5-8-20)26(34)11-10-25-28-24(30-37-25)19-31-12-14-33(15-13-31)27(35)21-17-22(36-29-21)23-9-6-16-38-23;/h3-9,16-17H,2,10-15,18-19H2,1H3;1H. The molecular formula is C27H31ClN6O4S. The Morgan fingerprint density at radius 1 is 1.03 bits per heavy atom. The van der Waals surface area contributed by atoms with Crippen LogP contribution in [0.4, 0.5) is 0 Å². The minimum absolute atomic E-state index is 0. The third kappa shape index (κ3) is 7.31. The van der Waals surface area contributed by atoms with Crippen LogP contribution in [0.2, 0.25) is 0 Å². The van der Waals surface area contributed by atoms with Crippen LogP contribution >= 0.6 is 23.7 Å². The second kappa shape index (κ2) is 13.5. The van der Waals surface area contributed by atoms with Gasteiger partial charge in [-0.25, -0.2) is 0 Å². The van der Waals surface area contributed by atoms with Gasteiger partial charge in [-0.1, -0.05) is 46.7 Å². The number of nitrogens with zero attached hydrogens (tertiary/aromatic N) is 6. The van der Waals surface area contributed by atoms with Crippen LogP contribution in [-0.2, 0) is 24.3 Å². The molecule has 0 atom stereocenters. The van der Waals surface area contributed by atoms with Crippen molar-refractivity contribution in [3.63, 3.8) is 0 Å². The van der Waals surface area contributed by atoms with Crippen molar-refractivity contribution < 1.29 is 18.6 Å². The molecule has 39 heavy (non-hydrogen) atoms. The maximum atomic E-state index is 12.9. The van der Waals surface area contributed by atoms with Gasteiger partial charge in [0.15, 0.2) is 17.3 Å². The van der Waals surface area contributed by atoms with Gasteiger partial charge >= 0.3 is 0 Å². The van der Waals surface area contributed by atoms with Crippen molar-refractivity contribution in [2.24, 2.45) is 0 Å². The Hall–Kier alpha value is -3.54. The minimum atomic E-state index is -0.129. The number of piperazine rings is 1. The first-order valence-corrected chi connectivity index (χ1v) is 13.6. The lowest BCUT2D eigenvalue weighted by atomic mass is 10.2. The van der Waals surface area contributed by atoms with E-state index in [0.29, 0.717) is 81.8 Å². The molecule has 10 nitrogen and oxygen atoms in total. The van der Waals surface area contributed by atoms with E-state index in [9.17, 15) is 9.59 Å². The summed E-state index contributed by atoms with van der Waals surface area (Å²) in [6.45, 7) is 6.27. The van der Waals surface area contributed by atoms with E-state index in [-0.39, 0.29) is 24.2 Å². The lowest BCUT2D eigenvalue weighted by Gasteiger charge is -2.33. The third-order valence-electron chi connectivity index (χ3n) is 6.53. The van der Waals surface area contributed by atoms with Crippen LogP contribution in [0.1, 0.15) is 41.1 Å². The second-order valence-corrected chi connectivity index (χ2v) is 10.1.